The topological polar surface area (TPSA) is 25.6 Å². The fourth-order valence-electron chi connectivity index (χ4n) is 2.14. The van der Waals surface area contributed by atoms with E-state index < -0.39 is 0 Å². The lowest BCUT2D eigenvalue weighted by molar-refractivity contribution is -0.0428. The molecule has 3 nitrogen and oxygen atoms in total. The van der Waals surface area contributed by atoms with Gasteiger partial charge in [0.05, 0.1) is 6.61 Å². The first kappa shape index (κ1) is 12.4. The van der Waals surface area contributed by atoms with Crippen LogP contribution < -0.4 is 0 Å². The van der Waals surface area contributed by atoms with E-state index in [1.54, 1.807) is 11.3 Å². The van der Waals surface area contributed by atoms with Crippen LogP contribution in [0.25, 0.3) is 0 Å². The second kappa shape index (κ2) is 5.57. The predicted molar refractivity (Wildman–Crippen MR) is 74.7 cm³/mol. The summed E-state index contributed by atoms with van der Waals surface area (Å²) in [5, 5.41) is 2.12. The van der Waals surface area contributed by atoms with Crippen LogP contribution in [0.4, 0.5) is 0 Å². The van der Waals surface area contributed by atoms with Crippen molar-refractivity contribution in [1.82, 2.24) is 4.90 Å². The molecule has 0 N–H and O–H groups in total. The van der Waals surface area contributed by atoms with E-state index in [-0.39, 0.29) is 6.10 Å². The summed E-state index contributed by atoms with van der Waals surface area (Å²) in [5.41, 5.74) is 0. The number of nitrogens with zero attached hydrogens (tertiary/aromatic N) is 1. The molecule has 1 aliphatic rings. The van der Waals surface area contributed by atoms with Gasteiger partial charge in [0.15, 0.2) is 4.67 Å². The molecule has 0 aromatic carbocycles. The van der Waals surface area contributed by atoms with E-state index in [2.05, 4.69) is 38.3 Å². The molecule has 96 valence electrons. The molecule has 3 heterocycles. The molecule has 1 fully saturated rings. The maximum Gasteiger partial charge on any atom is 0.169 e. The smallest absolute Gasteiger partial charge is 0.169 e. The monoisotopic (exact) mass is 327 g/mol. The van der Waals surface area contributed by atoms with Gasteiger partial charge in [-0.15, -0.1) is 11.3 Å². The zero-order valence-corrected chi connectivity index (χ0v) is 12.2. The van der Waals surface area contributed by atoms with Crippen molar-refractivity contribution in [2.75, 3.05) is 19.7 Å². The van der Waals surface area contributed by atoms with Crippen molar-refractivity contribution in [3.63, 3.8) is 0 Å². The number of hydrogen-bond acceptors (Lipinski definition) is 4. The third-order valence-electron chi connectivity index (χ3n) is 3.02. The number of ether oxygens (including phenoxy) is 1. The summed E-state index contributed by atoms with van der Waals surface area (Å²) >= 11 is 5.13. The number of thiophene rings is 1. The Morgan fingerprint density at radius 3 is 3.06 bits per heavy atom. The van der Waals surface area contributed by atoms with Crippen LogP contribution in [0.2, 0.25) is 0 Å². The van der Waals surface area contributed by atoms with Crippen molar-refractivity contribution in [2.24, 2.45) is 0 Å². The van der Waals surface area contributed by atoms with E-state index in [0.717, 1.165) is 36.7 Å². The molecule has 1 aliphatic heterocycles. The zero-order valence-electron chi connectivity index (χ0n) is 9.84. The Balaban J connectivity index is 1.65. The molecule has 0 radical (unpaired) electrons. The Morgan fingerprint density at radius 2 is 2.33 bits per heavy atom. The highest BCUT2D eigenvalue weighted by Crippen LogP contribution is 2.27. The van der Waals surface area contributed by atoms with Gasteiger partial charge in [0, 0.05) is 24.5 Å². The van der Waals surface area contributed by atoms with Gasteiger partial charge >= 0.3 is 0 Å². The SMILES string of the molecule is Brc1ccc(C2CN(Cc3cccs3)CCO2)o1. The molecule has 18 heavy (non-hydrogen) atoms. The fourth-order valence-corrected chi connectivity index (χ4v) is 3.21. The van der Waals surface area contributed by atoms with Gasteiger partial charge < -0.3 is 9.15 Å². The molecule has 0 bridgehead atoms. The van der Waals surface area contributed by atoms with Gasteiger partial charge in [0.1, 0.15) is 11.9 Å². The summed E-state index contributed by atoms with van der Waals surface area (Å²) in [4.78, 5) is 3.81. The standard InChI is InChI=1S/C13H14BrNO2S/c14-13-4-3-11(17-13)12-9-15(5-6-16-12)8-10-2-1-7-18-10/h1-4,7,12H,5-6,8-9H2. The lowest BCUT2D eigenvalue weighted by Gasteiger charge is -2.31. The van der Waals surface area contributed by atoms with E-state index in [9.17, 15) is 0 Å². The number of furan rings is 1. The Bertz CT molecular complexity index is 497. The van der Waals surface area contributed by atoms with Crippen molar-refractivity contribution in [3.8, 4) is 0 Å². The maximum absolute atomic E-state index is 5.77. The molecule has 1 unspecified atom stereocenters. The second-order valence-electron chi connectivity index (χ2n) is 4.32. The first-order chi connectivity index (χ1) is 8.81. The van der Waals surface area contributed by atoms with Crippen LogP contribution in [-0.4, -0.2) is 24.6 Å². The Labute approximate surface area is 118 Å². The minimum absolute atomic E-state index is 0.0463. The first-order valence-corrected chi connectivity index (χ1v) is 7.60. The highest BCUT2D eigenvalue weighted by Gasteiger charge is 2.24. The molecule has 0 spiro atoms. The summed E-state index contributed by atoms with van der Waals surface area (Å²) in [6.07, 6.45) is 0.0463. The molecule has 0 saturated carbocycles. The van der Waals surface area contributed by atoms with Crippen molar-refractivity contribution < 1.29 is 9.15 Å². The average molecular weight is 328 g/mol. The fraction of sp³-hybridized carbons (Fsp3) is 0.385. The van der Waals surface area contributed by atoms with E-state index >= 15 is 0 Å². The average Bonchev–Trinajstić information content (AvgIpc) is 3.01. The molecular weight excluding hydrogens is 314 g/mol. The van der Waals surface area contributed by atoms with Crippen LogP contribution in [0.1, 0.15) is 16.7 Å². The van der Waals surface area contributed by atoms with Gasteiger partial charge in [-0.2, -0.15) is 0 Å². The third-order valence-corrected chi connectivity index (χ3v) is 4.31. The summed E-state index contributed by atoms with van der Waals surface area (Å²) in [6.45, 7) is 3.63. The molecular formula is C13H14BrNO2S. The van der Waals surface area contributed by atoms with E-state index in [1.807, 2.05) is 12.1 Å². The van der Waals surface area contributed by atoms with Gasteiger partial charge in [-0.3, -0.25) is 4.90 Å². The largest absolute Gasteiger partial charge is 0.452 e. The maximum atomic E-state index is 5.77. The first-order valence-electron chi connectivity index (χ1n) is 5.93. The molecule has 1 atom stereocenters. The number of morpholine rings is 1. The Hall–Kier alpha value is -0.620. The Kier molecular flexibility index (Phi) is 3.84. The van der Waals surface area contributed by atoms with E-state index in [1.165, 1.54) is 4.88 Å². The molecule has 3 rings (SSSR count). The van der Waals surface area contributed by atoms with Crippen molar-refractivity contribution in [1.29, 1.82) is 0 Å². The number of hydrogen-bond donors (Lipinski definition) is 0. The van der Waals surface area contributed by atoms with Crippen LogP contribution in [0, 0.1) is 0 Å². The molecule has 0 amide bonds. The number of rotatable bonds is 3. The van der Waals surface area contributed by atoms with Crippen molar-refractivity contribution in [2.45, 2.75) is 12.6 Å². The highest BCUT2D eigenvalue weighted by atomic mass is 79.9. The zero-order chi connectivity index (χ0) is 12.4. The third kappa shape index (κ3) is 2.85. The highest BCUT2D eigenvalue weighted by molar-refractivity contribution is 9.10. The van der Waals surface area contributed by atoms with Crippen LogP contribution >= 0.6 is 27.3 Å². The van der Waals surface area contributed by atoms with Crippen LogP contribution in [-0.2, 0) is 11.3 Å². The Morgan fingerprint density at radius 1 is 1.39 bits per heavy atom. The minimum Gasteiger partial charge on any atom is -0.452 e. The van der Waals surface area contributed by atoms with Gasteiger partial charge in [0.25, 0.3) is 0 Å². The van der Waals surface area contributed by atoms with Crippen LogP contribution in [0.3, 0.4) is 0 Å². The molecule has 0 aliphatic carbocycles. The lowest BCUT2D eigenvalue weighted by atomic mass is 10.2. The summed E-state index contributed by atoms with van der Waals surface area (Å²) in [5.74, 6) is 0.901. The quantitative estimate of drug-likeness (QED) is 0.860. The van der Waals surface area contributed by atoms with Crippen LogP contribution in [0.5, 0.6) is 0 Å². The normalized spacial score (nSPS) is 21.3. The minimum atomic E-state index is 0.0463. The summed E-state index contributed by atoms with van der Waals surface area (Å²) in [7, 11) is 0. The van der Waals surface area contributed by atoms with E-state index in [4.69, 9.17) is 9.15 Å². The van der Waals surface area contributed by atoms with E-state index in [0.29, 0.717) is 0 Å². The second-order valence-corrected chi connectivity index (χ2v) is 6.13. The molecule has 5 heteroatoms. The van der Waals surface area contributed by atoms with Gasteiger partial charge in [-0.25, -0.2) is 0 Å². The summed E-state index contributed by atoms with van der Waals surface area (Å²) < 4.78 is 12.1. The summed E-state index contributed by atoms with van der Waals surface area (Å²) in [6, 6.07) is 8.17. The van der Waals surface area contributed by atoms with Crippen molar-refractivity contribution in [3.05, 3.63) is 45.0 Å². The lowest BCUT2D eigenvalue weighted by Crippen LogP contribution is -2.37. The molecule has 2 aromatic heterocycles. The number of halogens is 1. The van der Waals surface area contributed by atoms with Crippen LogP contribution in [0.15, 0.2) is 38.7 Å². The predicted octanol–water partition coefficient (Wildman–Crippen LogP) is 3.68. The van der Waals surface area contributed by atoms with Gasteiger partial charge in [0.2, 0.25) is 0 Å². The van der Waals surface area contributed by atoms with Gasteiger partial charge in [-0.1, -0.05) is 6.07 Å². The van der Waals surface area contributed by atoms with Crippen molar-refractivity contribution >= 4 is 27.3 Å². The molecule has 2 aromatic rings. The molecule has 1 saturated heterocycles. The van der Waals surface area contributed by atoms with Gasteiger partial charge in [-0.05, 0) is 39.5 Å².